The van der Waals surface area contributed by atoms with Crippen LogP contribution in [0.2, 0.25) is 5.22 Å². The van der Waals surface area contributed by atoms with Gasteiger partial charge in [-0.3, -0.25) is 4.79 Å². The zero-order valence-electron chi connectivity index (χ0n) is 8.38. The fourth-order valence-corrected chi connectivity index (χ4v) is 2.23. The molecule has 82 valence electrons. The van der Waals surface area contributed by atoms with Crippen LogP contribution in [0.25, 0.3) is 0 Å². The number of hydrogen-bond donors (Lipinski definition) is 1. The molecule has 0 unspecified atom stereocenters. The third-order valence-corrected chi connectivity index (χ3v) is 4.23. The normalized spacial score (nSPS) is 17.5. The van der Waals surface area contributed by atoms with Gasteiger partial charge in [-0.15, -0.1) is 0 Å². The van der Waals surface area contributed by atoms with Crippen molar-refractivity contribution in [1.29, 1.82) is 0 Å². The van der Waals surface area contributed by atoms with E-state index in [1.54, 1.807) is 12.1 Å². The van der Waals surface area contributed by atoms with Crippen LogP contribution in [0, 0.1) is 0 Å². The lowest BCUT2D eigenvalue weighted by Gasteiger charge is -2.11. The van der Waals surface area contributed by atoms with Gasteiger partial charge in [0, 0.05) is 11.3 Å². The van der Waals surface area contributed by atoms with Crippen molar-refractivity contribution in [2.75, 3.05) is 12.8 Å². The average Bonchev–Trinajstić information content (AvgIpc) is 2.90. The Morgan fingerprint density at radius 3 is 2.87 bits per heavy atom. The van der Waals surface area contributed by atoms with Gasteiger partial charge in [0.25, 0.3) is 5.91 Å². The number of thioether (sulfide) groups is 1. The molecule has 0 aromatic carbocycles. The summed E-state index contributed by atoms with van der Waals surface area (Å²) >= 11 is 7.39. The van der Waals surface area contributed by atoms with Crippen molar-refractivity contribution in [3.8, 4) is 0 Å². The molecule has 5 heteroatoms. The summed E-state index contributed by atoms with van der Waals surface area (Å²) in [5.41, 5.74) is 0. The summed E-state index contributed by atoms with van der Waals surface area (Å²) in [5, 5.41) is 3.10. The van der Waals surface area contributed by atoms with E-state index in [0.29, 0.717) is 6.54 Å². The molecular weight excluding hydrogens is 234 g/mol. The van der Waals surface area contributed by atoms with Crippen LogP contribution < -0.4 is 5.32 Å². The molecule has 15 heavy (non-hydrogen) atoms. The lowest BCUT2D eigenvalue weighted by Crippen LogP contribution is -2.31. The average molecular weight is 246 g/mol. The van der Waals surface area contributed by atoms with E-state index in [9.17, 15) is 4.79 Å². The Balaban J connectivity index is 1.88. The van der Waals surface area contributed by atoms with E-state index in [-0.39, 0.29) is 21.6 Å². The second-order valence-corrected chi connectivity index (χ2v) is 5.32. The summed E-state index contributed by atoms with van der Waals surface area (Å²) in [6.45, 7) is 0.700. The van der Waals surface area contributed by atoms with Gasteiger partial charge in [0.1, 0.15) is 0 Å². The standard InChI is InChI=1S/C10H12ClNO2S/c1-15-10(4-5-10)6-12-9(13)7-2-3-8(11)14-7/h2-3H,4-6H2,1H3,(H,12,13). The highest BCUT2D eigenvalue weighted by Gasteiger charge is 2.42. The molecule has 1 amide bonds. The van der Waals surface area contributed by atoms with Crippen LogP contribution in [-0.4, -0.2) is 23.5 Å². The highest BCUT2D eigenvalue weighted by Crippen LogP contribution is 2.46. The molecule has 1 aliphatic carbocycles. The van der Waals surface area contributed by atoms with E-state index in [0.717, 1.165) is 0 Å². The smallest absolute Gasteiger partial charge is 0.287 e. The van der Waals surface area contributed by atoms with Crippen LogP contribution in [0.1, 0.15) is 23.4 Å². The number of amides is 1. The molecule has 1 aliphatic rings. The summed E-state index contributed by atoms with van der Waals surface area (Å²) in [6, 6.07) is 3.15. The summed E-state index contributed by atoms with van der Waals surface area (Å²) in [5.74, 6) is 0.0825. The molecule has 0 saturated heterocycles. The minimum absolute atomic E-state index is 0.192. The van der Waals surface area contributed by atoms with Gasteiger partial charge in [0.05, 0.1) is 0 Å². The molecule has 2 rings (SSSR count). The maximum Gasteiger partial charge on any atom is 0.287 e. The van der Waals surface area contributed by atoms with Gasteiger partial charge < -0.3 is 9.73 Å². The lowest BCUT2D eigenvalue weighted by atomic mass is 10.3. The van der Waals surface area contributed by atoms with Crippen molar-refractivity contribution in [2.24, 2.45) is 0 Å². The van der Waals surface area contributed by atoms with E-state index < -0.39 is 0 Å². The summed E-state index contributed by atoms with van der Waals surface area (Å²) in [7, 11) is 0. The van der Waals surface area contributed by atoms with Gasteiger partial charge in [0.2, 0.25) is 0 Å². The molecule has 0 radical (unpaired) electrons. The van der Waals surface area contributed by atoms with Crippen LogP contribution in [0.3, 0.4) is 0 Å². The third-order valence-electron chi connectivity index (χ3n) is 2.61. The first-order valence-corrected chi connectivity index (χ1v) is 6.34. The Bertz CT molecular complexity index is 373. The zero-order valence-corrected chi connectivity index (χ0v) is 9.95. The molecule has 1 fully saturated rings. The van der Waals surface area contributed by atoms with Gasteiger partial charge in [-0.2, -0.15) is 11.8 Å². The maximum absolute atomic E-state index is 11.6. The number of nitrogens with one attached hydrogen (secondary N) is 1. The maximum atomic E-state index is 11.6. The fraction of sp³-hybridized carbons (Fsp3) is 0.500. The topological polar surface area (TPSA) is 42.2 Å². The van der Waals surface area contributed by atoms with Crippen LogP contribution in [0.4, 0.5) is 0 Å². The van der Waals surface area contributed by atoms with Gasteiger partial charge >= 0.3 is 0 Å². The molecule has 0 atom stereocenters. The molecular formula is C10H12ClNO2S. The molecule has 3 nitrogen and oxygen atoms in total. The fourth-order valence-electron chi connectivity index (χ4n) is 1.36. The van der Waals surface area contributed by atoms with Crippen molar-refractivity contribution in [2.45, 2.75) is 17.6 Å². The number of carbonyl (C=O) groups is 1. The monoisotopic (exact) mass is 245 g/mol. The van der Waals surface area contributed by atoms with Crippen LogP contribution >= 0.6 is 23.4 Å². The van der Waals surface area contributed by atoms with Crippen LogP contribution in [0.5, 0.6) is 0 Å². The zero-order chi connectivity index (χ0) is 10.9. The Kier molecular flexibility index (Phi) is 2.98. The first kappa shape index (κ1) is 10.9. The van der Waals surface area contributed by atoms with Crippen LogP contribution in [0.15, 0.2) is 16.5 Å². The van der Waals surface area contributed by atoms with Gasteiger partial charge in [-0.05, 0) is 42.8 Å². The Morgan fingerprint density at radius 2 is 2.40 bits per heavy atom. The van der Waals surface area contributed by atoms with Gasteiger partial charge in [-0.1, -0.05) is 0 Å². The highest BCUT2D eigenvalue weighted by molar-refractivity contribution is 8.00. The lowest BCUT2D eigenvalue weighted by molar-refractivity contribution is 0.0925. The molecule has 1 aromatic rings. The Labute approximate surface area is 97.5 Å². The quantitative estimate of drug-likeness (QED) is 0.887. The van der Waals surface area contributed by atoms with Crippen molar-refractivity contribution in [3.05, 3.63) is 23.1 Å². The number of halogens is 1. The first-order valence-electron chi connectivity index (χ1n) is 4.74. The summed E-state index contributed by atoms with van der Waals surface area (Å²) < 4.78 is 5.28. The van der Waals surface area contributed by atoms with E-state index in [4.69, 9.17) is 16.0 Å². The predicted octanol–water partition coefficient (Wildman–Crippen LogP) is 2.56. The first-order chi connectivity index (χ1) is 7.15. The van der Waals surface area contributed by atoms with E-state index in [2.05, 4.69) is 11.6 Å². The Hall–Kier alpha value is -0.610. The second kappa shape index (κ2) is 4.10. The second-order valence-electron chi connectivity index (χ2n) is 3.67. The van der Waals surface area contributed by atoms with Crippen molar-refractivity contribution >= 4 is 29.3 Å². The highest BCUT2D eigenvalue weighted by atomic mass is 35.5. The summed E-state index contributed by atoms with van der Waals surface area (Å²) in [6.07, 6.45) is 4.42. The van der Waals surface area contributed by atoms with Crippen molar-refractivity contribution in [3.63, 3.8) is 0 Å². The molecule has 1 N–H and O–H groups in total. The van der Waals surface area contributed by atoms with E-state index >= 15 is 0 Å². The van der Waals surface area contributed by atoms with Gasteiger partial charge in [-0.25, -0.2) is 0 Å². The SMILES string of the molecule is CSC1(CNC(=O)c2ccc(Cl)o2)CC1. The predicted molar refractivity (Wildman–Crippen MR) is 61.5 cm³/mol. The third kappa shape index (κ3) is 2.49. The Morgan fingerprint density at radius 1 is 1.67 bits per heavy atom. The summed E-state index contributed by atoms with van der Waals surface area (Å²) in [4.78, 5) is 11.6. The van der Waals surface area contributed by atoms with E-state index in [1.165, 1.54) is 12.8 Å². The molecule has 1 heterocycles. The molecule has 0 spiro atoms. The minimum atomic E-state index is -0.192. The molecule has 0 aliphatic heterocycles. The minimum Gasteiger partial charge on any atom is -0.440 e. The largest absolute Gasteiger partial charge is 0.440 e. The van der Waals surface area contributed by atoms with Gasteiger partial charge in [0.15, 0.2) is 11.0 Å². The number of furan rings is 1. The molecule has 1 saturated carbocycles. The van der Waals surface area contributed by atoms with E-state index in [1.807, 2.05) is 11.8 Å². The molecule has 0 bridgehead atoms. The van der Waals surface area contributed by atoms with Crippen molar-refractivity contribution < 1.29 is 9.21 Å². The number of rotatable bonds is 4. The molecule has 1 aromatic heterocycles. The van der Waals surface area contributed by atoms with Crippen LogP contribution in [-0.2, 0) is 0 Å². The number of hydrogen-bond acceptors (Lipinski definition) is 3. The van der Waals surface area contributed by atoms with Crippen molar-refractivity contribution in [1.82, 2.24) is 5.32 Å². The number of carbonyl (C=O) groups excluding carboxylic acids is 1.